The Morgan fingerprint density at radius 3 is 2.60 bits per heavy atom. The standard InChI is InChI=1S/C27H34N6O2/c1-20-7-9-21(10-8-20)24-30-27(35-31-24)23-6-5-13-28-25(23)33-17-11-22(12-18-33)26(34)29-14-19-32-15-3-2-4-16-32/h5-10,13,22H,2-4,11-12,14-19H2,1H3,(H,29,34). The molecule has 5 rings (SSSR count). The average molecular weight is 475 g/mol. The Hall–Kier alpha value is -3.26. The van der Waals surface area contributed by atoms with Crippen molar-refractivity contribution in [1.82, 2.24) is 25.3 Å². The first kappa shape index (κ1) is 23.5. The van der Waals surface area contributed by atoms with Crippen molar-refractivity contribution in [3.63, 3.8) is 0 Å². The zero-order valence-electron chi connectivity index (χ0n) is 20.4. The molecular weight excluding hydrogens is 440 g/mol. The van der Waals surface area contributed by atoms with E-state index in [2.05, 4.69) is 37.2 Å². The van der Waals surface area contributed by atoms with Crippen LogP contribution in [0.25, 0.3) is 22.8 Å². The minimum Gasteiger partial charge on any atom is -0.356 e. The summed E-state index contributed by atoms with van der Waals surface area (Å²) in [5.41, 5.74) is 2.93. The van der Waals surface area contributed by atoms with Crippen LogP contribution in [0.3, 0.4) is 0 Å². The molecule has 0 atom stereocenters. The van der Waals surface area contributed by atoms with Crippen LogP contribution in [0.2, 0.25) is 0 Å². The number of pyridine rings is 1. The molecule has 2 saturated heterocycles. The van der Waals surface area contributed by atoms with Gasteiger partial charge in [-0.3, -0.25) is 4.79 Å². The summed E-state index contributed by atoms with van der Waals surface area (Å²) < 4.78 is 5.62. The van der Waals surface area contributed by atoms with Gasteiger partial charge in [-0.05, 0) is 57.8 Å². The molecule has 2 fully saturated rings. The minimum absolute atomic E-state index is 0.0521. The first-order valence-corrected chi connectivity index (χ1v) is 12.8. The molecule has 0 aliphatic carbocycles. The predicted octanol–water partition coefficient (Wildman–Crippen LogP) is 3.93. The van der Waals surface area contributed by atoms with E-state index in [0.717, 1.165) is 69.1 Å². The van der Waals surface area contributed by atoms with Gasteiger partial charge in [0.25, 0.3) is 5.89 Å². The summed E-state index contributed by atoms with van der Waals surface area (Å²) in [5.74, 6) is 2.09. The van der Waals surface area contributed by atoms with E-state index in [1.54, 1.807) is 6.20 Å². The number of carbonyl (C=O) groups is 1. The van der Waals surface area contributed by atoms with Gasteiger partial charge in [-0.25, -0.2) is 4.98 Å². The summed E-state index contributed by atoms with van der Waals surface area (Å²) in [6, 6.07) is 11.9. The Balaban J connectivity index is 1.19. The van der Waals surface area contributed by atoms with Gasteiger partial charge in [0.2, 0.25) is 11.7 Å². The Morgan fingerprint density at radius 2 is 1.83 bits per heavy atom. The van der Waals surface area contributed by atoms with Crippen molar-refractivity contribution in [2.75, 3.05) is 44.2 Å². The van der Waals surface area contributed by atoms with E-state index in [0.29, 0.717) is 11.7 Å². The van der Waals surface area contributed by atoms with E-state index in [9.17, 15) is 4.79 Å². The lowest BCUT2D eigenvalue weighted by Crippen LogP contribution is -2.43. The van der Waals surface area contributed by atoms with Gasteiger partial charge in [-0.1, -0.05) is 41.4 Å². The van der Waals surface area contributed by atoms with Gasteiger partial charge >= 0.3 is 0 Å². The number of nitrogens with one attached hydrogen (secondary N) is 1. The van der Waals surface area contributed by atoms with E-state index in [1.807, 2.05) is 36.4 Å². The molecule has 0 unspecified atom stereocenters. The van der Waals surface area contributed by atoms with E-state index in [1.165, 1.54) is 24.8 Å². The average Bonchev–Trinajstić information content (AvgIpc) is 3.40. The highest BCUT2D eigenvalue weighted by Crippen LogP contribution is 2.32. The van der Waals surface area contributed by atoms with E-state index >= 15 is 0 Å². The highest BCUT2D eigenvalue weighted by molar-refractivity contribution is 5.79. The molecule has 1 amide bonds. The zero-order chi connectivity index (χ0) is 24.0. The molecule has 1 aromatic carbocycles. The molecule has 1 N–H and O–H groups in total. The van der Waals surface area contributed by atoms with Gasteiger partial charge in [-0.15, -0.1) is 0 Å². The maximum absolute atomic E-state index is 12.7. The Kier molecular flexibility index (Phi) is 7.37. The fourth-order valence-electron chi connectivity index (χ4n) is 4.99. The number of anilines is 1. The molecule has 0 radical (unpaired) electrons. The first-order valence-electron chi connectivity index (χ1n) is 12.8. The summed E-state index contributed by atoms with van der Waals surface area (Å²) in [4.78, 5) is 26.7. The number of nitrogens with zero attached hydrogens (tertiary/aromatic N) is 5. The number of rotatable bonds is 7. The van der Waals surface area contributed by atoms with Crippen molar-refractivity contribution < 1.29 is 9.32 Å². The third-order valence-corrected chi connectivity index (χ3v) is 7.09. The quantitative estimate of drug-likeness (QED) is 0.555. The molecule has 4 heterocycles. The van der Waals surface area contributed by atoms with Crippen LogP contribution in [-0.4, -0.2) is 65.2 Å². The Labute approximate surface area is 206 Å². The van der Waals surface area contributed by atoms with Crippen molar-refractivity contribution in [3.05, 3.63) is 48.2 Å². The molecule has 2 aliphatic heterocycles. The molecule has 0 bridgehead atoms. The van der Waals surface area contributed by atoms with Gasteiger partial charge in [0.05, 0.1) is 5.56 Å². The number of aryl methyl sites for hydroxylation is 1. The van der Waals surface area contributed by atoms with E-state index in [4.69, 9.17) is 4.52 Å². The zero-order valence-corrected chi connectivity index (χ0v) is 20.4. The number of hydrogen-bond donors (Lipinski definition) is 1. The number of likely N-dealkylation sites (tertiary alicyclic amines) is 1. The monoisotopic (exact) mass is 474 g/mol. The topological polar surface area (TPSA) is 87.4 Å². The summed E-state index contributed by atoms with van der Waals surface area (Å²) in [6.45, 7) is 7.61. The van der Waals surface area contributed by atoms with Crippen LogP contribution >= 0.6 is 0 Å². The number of piperidine rings is 2. The maximum Gasteiger partial charge on any atom is 0.261 e. The smallest absolute Gasteiger partial charge is 0.261 e. The number of aromatic nitrogens is 3. The molecule has 0 spiro atoms. The van der Waals surface area contributed by atoms with Gasteiger partial charge in [-0.2, -0.15) is 4.98 Å². The summed E-state index contributed by atoms with van der Waals surface area (Å²) >= 11 is 0. The van der Waals surface area contributed by atoms with Crippen molar-refractivity contribution in [2.45, 2.75) is 39.0 Å². The number of benzene rings is 1. The fourth-order valence-corrected chi connectivity index (χ4v) is 4.99. The van der Waals surface area contributed by atoms with Crippen molar-refractivity contribution in [3.8, 4) is 22.8 Å². The fraction of sp³-hybridized carbons (Fsp3) is 0.481. The highest BCUT2D eigenvalue weighted by Gasteiger charge is 2.28. The number of hydrogen-bond acceptors (Lipinski definition) is 7. The Bertz CT molecular complexity index is 1110. The molecule has 35 heavy (non-hydrogen) atoms. The van der Waals surface area contributed by atoms with Gasteiger partial charge in [0.1, 0.15) is 5.82 Å². The normalized spacial score (nSPS) is 17.5. The number of amides is 1. The van der Waals surface area contributed by atoms with Gasteiger partial charge < -0.3 is 19.6 Å². The summed E-state index contributed by atoms with van der Waals surface area (Å²) in [5, 5.41) is 7.35. The minimum atomic E-state index is 0.0521. The molecule has 2 aromatic heterocycles. The van der Waals surface area contributed by atoms with E-state index in [-0.39, 0.29) is 11.8 Å². The van der Waals surface area contributed by atoms with Crippen molar-refractivity contribution in [2.24, 2.45) is 5.92 Å². The largest absolute Gasteiger partial charge is 0.356 e. The van der Waals surface area contributed by atoms with Crippen molar-refractivity contribution >= 4 is 11.7 Å². The molecule has 0 saturated carbocycles. The maximum atomic E-state index is 12.7. The summed E-state index contributed by atoms with van der Waals surface area (Å²) in [6.07, 6.45) is 7.29. The van der Waals surface area contributed by atoms with Crippen LogP contribution in [0.5, 0.6) is 0 Å². The lowest BCUT2D eigenvalue weighted by Gasteiger charge is -2.33. The van der Waals surface area contributed by atoms with E-state index < -0.39 is 0 Å². The Morgan fingerprint density at radius 1 is 1.06 bits per heavy atom. The van der Waals surface area contributed by atoms with Crippen LogP contribution < -0.4 is 10.2 Å². The second kappa shape index (κ2) is 11.0. The van der Waals surface area contributed by atoms with Crippen LogP contribution in [0.1, 0.15) is 37.7 Å². The first-order chi connectivity index (χ1) is 17.2. The van der Waals surface area contributed by atoms with Gasteiger partial charge in [0, 0.05) is 43.9 Å². The van der Waals surface area contributed by atoms with Crippen molar-refractivity contribution in [1.29, 1.82) is 0 Å². The van der Waals surface area contributed by atoms with Crippen LogP contribution in [0.4, 0.5) is 5.82 Å². The van der Waals surface area contributed by atoms with Crippen LogP contribution in [0, 0.1) is 12.8 Å². The van der Waals surface area contributed by atoms with Crippen LogP contribution in [0.15, 0.2) is 47.1 Å². The lowest BCUT2D eigenvalue weighted by molar-refractivity contribution is -0.125. The highest BCUT2D eigenvalue weighted by atomic mass is 16.5. The molecule has 2 aliphatic rings. The second-order valence-electron chi connectivity index (χ2n) is 9.62. The number of carbonyl (C=O) groups excluding carboxylic acids is 1. The van der Waals surface area contributed by atoms with Crippen LogP contribution in [-0.2, 0) is 4.79 Å². The predicted molar refractivity (Wildman–Crippen MR) is 136 cm³/mol. The lowest BCUT2D eigenvalue weighted by atomic mass is 9.95. The molecular formula is C27H34N6O2. The molecule has 3 aromatic rings. The molecule has 184 valence electrons. The molecule has 8 nitrogen and oxygen atoms in total. The summed E-state index contributed by atoms with van der Waals surface area (Å²) in [7, 11) is 0. The third-order valence-electron chi connectivity index (χ3n) is 7.09. The SMILES string of the molecule is Cc1ccc(-c2noc(-c3cccnc3N3CCC(C(=O)NCCN4CCCCC4)CC3)n2)cc1. The third kappa shape index (κ3) is 5.70. The van der Waals surface area contributed by atoms with Gasteiger partial charge in [0.15, 0.2) is 0 Å². The second-order valence-corrected chi connectivity index (χ2v) is 9.62. The molecule has 8 heteroatoms.